The number of rotatable bonds is 17. The first-order chi connectivity index (χ1) is 21.2. The molecule has 0 spiro atoms. The van der Waals surface area contributed by atoms with E-state index in [1.54, 1.807) is 12.1 Å². The summed E-state index contributed by atoms with van der Waals surface area (Å²) in [5.41, 5.74) is 1.19. The van der Waals surface area contributed by atoms with Crippen LogP contribution in [0.2, 0.25) is 0 Å². The molecule has 12 heteroatoms. The zero-order valence-electron chi connectivity index (χ0n) is 24.4. The van der Waals surface area contributed by atoms with Gasteiger partial charge in [0, 0.05) is 30.8 Å². The van der Waals surface area contributed by atoms with Gasteiger partial charge in [-0.05, 0) is 54.0 Å². The summed E-state index contributed by atoms with van der Waals surface area (Å²) in [7, 11) is 0. The average Bonchev–Trinajstić information content (AvgIpc) is 3.01. The quantitative estimate of drug-likeness (QED) is 0.145. The van der Waals surface area contributed by atoms with Gasteiger partial charge in [-0.15, -0.1) is 0 Å². The molecule has 44 heavy (non-hydrogen) atoms. The van der Waals surface area contributed by atoms with Gasteiger partial charge in [0.05, 0.1) is 24.1 Å². The molecule has 236 valence electrons. The van der Waals surface area contributed by atoms with Crippen LogP contribution >= 0.6 is 11.8 Å². The van der Waals surface area contributed by atoms with Crippen LogP contribution in [0.15, 0.2) is 73.1 Å². The normalized spacial score (nSPS) is 13.8. The first-order valence-corrected chi connectivity index (χ1v) is 15.5. The van der Waals surface area contributed by atoms with Gasteiger partial charge in [0.15, 0.2) is 0 Å². The van der Waals surface area contributed by atoms with Crippen LogP contribution < -0.4 is 16.0 Å². The number of unbranched alkanes of at least 4 members (excludes halogenated alkanes) is 1. The van der Waals surface area contributed by atoms with Crippen molar-refractivity contribution in [3.05, 3.63) is 101 Å². The summed E-state index contributed by atoms with van der Waals surface area (Å²) in [6.07, 6.45) is 0.631. The summed E-state index contributed by atoms with van der Waals surface area (Å²) in [5, 5.41) is 29.9. The maximum Gasteiger partial charge on any atom is 0.253 e. The molecular weight excluding hydrogens is 590 g/mol. The molecule has 0 saturated heterocycles. The molecule has 1 aromatic heterocycles. The van der Waals surface area contributed by atoms with Crippen LogP contribution in [0.4, 0.5) is 8.78 Å². The third-order valence-electron chi connectivity index (χ3n) is 6.71. The number of carbonyl (C=O) groups excluding carboxylic acids is 3. The second-order valence-electron chi connectivity index (χ2n) is 10.3. The first-order valence-electron chi connectivity index (χ1n) is 14.4. The van der Waals surface area contributed by atoms with Crippen LogP contribution in [0.3, 0.4) is 0 Å². The Balaban J connectivity index is 1.76. The lowest BCUT2D eigenvalue weighted by molar-refractivity contribution is -0.127. The van der Waals surface area contributed by atoms with Gasteiger partial charge >= 0.3 is 0 Å². The van der Waals surface area contributed by atoms with Gasteiger partial charge < -0.3 is 26.2 Å². The molecule has 3 rings (SSSR count). The Labute approximate surface area is 259 Å². The Kier molecular flexibility index (Phi) is 14.2. The Morgan fingerprint density at radius 3 is 2.34 bits per heavy atom. The van der Waals surface area contributed by atoms with Crippen molar-refractivity contribution in [2.45, 2.75) is 63.4 Å². The zero-order valence-corrected chi connectivity index (χ0v) is 25.2. The molecule has 0 fully saturated rings. The molecule has 2 aromatic carbocycles. The molecule has 0 radical (unpaired) electrons. The van der Waals surface area contributed by atoms with Gasteiger partial charge in [0.2, 0.25) is 11.8 Å². The van der Waals surface area contributed by atoms with Gasteiger partial charge in [-0.1, -0.05) is 43.7 Å². The monoisotopic (exact) mass is 628 g/mol. The molecule has 3 amide bonds. The van der Waals surface area contributed by atoms with Crippen LogP contribution in [0, 0.1) is 11.6 Å². The highest BCUT2D eigenvalue weighted by Gasteiger charge is 2.32. The van der Waals surface area contributed by atoms with Crippen LogP contribution in [0.25, 0.3) is 0 Å². The fraction of sp³-hybridized carbons (Fsp3) is 0.375. The number of carbonyl (C=O) groups is 3. The van der Waals surface area contributed by atoms with E-state index in [-0.39, 0.29) is 29.8 Å². The van der Waals surface area contributed by atoms with Gasteiger partial charge in [-0.25, -0.2) is 8.78 Å². The molecule has 0 aliphatic heterocycles. The number of nitrogens with zero attached hydrogens (tertiary/aromatic N) is 1. The van der Waals surface area contributed by atoms with Crippen molar-refractivity contribution in [2.75, 3.05) is 11.5 Å². The number of benzene rings is 2. The van der Waals surface area contributed by atoms with Gasteiger partial charge in [-0.3, -0.25) is 19.4 Å². The van der Waals surface area contributed by atoms with Crippen LogP contribution in [-0.2, 0) is 22.6 Å². The second-order valence-corrected chi connectivity index (χ2v) is 11.5. The Hall–Kier alpha value is -3.87. The van der Waals surface area contributed by atoms with Crippen molar-refractivity contribution in [3.8, 4) is 0 Å². The summed E-state index contributed by atoms with van der Waals surface area (Å²) < 4.78 is 28.0. The van der Waals surface area contributed by atoms with E-state index in [2.05, 4.69) is 20.9 Å². The molecule has 1 unspecified atom stereocenters. The molecule has 3 aromatic rings. The van der Waals surface area contributed by atoms with Crippen LogP contribution in [0.1, 0.15) is 47.7 Å². The topological polar surface area (TPSA) is 141 Å². The largest absolute Gasteiger partial charge is 0.390 e. The fourth-order valence-electron chi connectivity index (χ4n) is 4.34. The Morgan fingerprint density at radius 2 is 1.68 bits per heavy atom. The summed E-state index contributed by atoms with van der Waals surface area (Å²) in [6.45, 7) is 2.24. The maximum absolute atomic E-state index is 14.0. The van der Waals surface area contributed by atoms with Crippen molar-refractivity contribution in [1.29, 1.82) is 0 Å². The number of nitrogens with one attached hydrogen (secondary N) is 3. The highest BCUT2D eigenvalue weighted by atomic mass is 32.2. The van der Waals surface area contributed by atoms with E-state index >= 15 is 0 Å². The smallest absolute Gasteiger partial charge is 0.253 e. The molecular formula is C32H38F2N4O5S. The summed E-state index contributed by atoms with van der Waals surface area (Å²) >= 11 is 1.46. The third kappa shape index (κ3) is 11.7. The first kappa shape index (κ1) is 34.6. The molecule has 9 nitrogen and oxygen atoms in total. The lowest BCUT2D eigenvalue weighted by Gasteiger charge is -2.29. The molecule has 0 bridgehead atoms. The SMILES string of the molecule is CCCCSCC(NC(=O)c1cccnc1)C(=O)N[C@@H](Cc1cc(F)cc(F)c1)[C@@H](O)[C@H](O)CC(=O)NCc1ccccc1. The van der Waals surface area contributed by atoms with E-state index < -0.39 is 60.1 Å². The Morgan fingerprint density at radius 1 is 0.955 bits per heavy atom. The molecule has 0 aliphatic rings. The predicted octanol–water partition coefficient (Wildman–Crippen LogP) is 3.15. The van der Waals surface area contributed by atoms with Crippen LogP contribution in [-0.4, -0.2) is 68.7 Å². The molecule has 4 atom stereocenters. The van der Waals surface area contributed by atoms with Gasteiger partial charge in [0.25, 0.3) is 5.91 Å². The van der Waals surface area contributed by atoms with Crippen molar-refractivity contribution in [3.63, 3.8) is 0 Å². The fourth-order valence-corrected chi connectivity index (χ4v) is 5.47. The third-order valence-corrected chi connectivity index (χ3v) is 7.86. The summed E-state index contributed by atoms with van der Waals surface area (Å²) in [6, 6.07) is 12.7. The van der Waals surface area contributed by atoms with Crippen LogP contribution in [0.5, 0.6) is 0 Å². The lowest BCUT2D eigenvalue weighted by atomic mass is 9.95. The standard InChI is InChI=1S/C32H38F2N4O5S/c1-2-3-12-44-20-27(38-31(42)23-10-7-11-35-19-23)32(43)37-26(15-22-13-24(33)16-25(34)14-22)30(41)28(39)17-29(40)36-18-21-8-5-4-6-9-21/h4-11,13-14,16,19,26-28,30,39,41H,2-3,12,15,17-18,20H2,1H3,(H,36,40)(H,37,43)(H,38,42)/t26-,27?,28+,30+/m0/s1. The minimum absolute atomic E-state index is 0.112. The summed E-state index contributed by atoms with van der Waals surface area (Å²) in [4.78, 5) is 42.9. The van der Waals surface area contributed by atoms with E-state index in [1.807, 2.05) is 37.3 Å². The number of amides is 3. The minimum Gasteiger partial charge on any atom is -0.390 e. The number of hydrogen-bond donors (Lipinski definition) is 5. The van der Waals surface area contributed by atoms with Crippen molar-refractivity contribution in [1.82, 2.24) is 20.9 Å². The van der Waals surface area contributed by atoms with Crippen molar-refractivity contribution >= 4 is 29.5 Å². The number of aliphatic hydroxyl groups excluding tert-OH is 2. The lowest BCUT2D eigenvalue weighted by Crippen LogP contribution is -2.56. The predicted molar refractivity (Wildman–Crippen MR) is 165 cm³/mol. The molecule has 0 aliphatic carbocycles. The van der Waals surface area contributed by atoms with Gasteiger partial charge in [-0.2, -0.15) is 11.8 Å². The molecule has 0 saturated carbocycles. The van der Waals surface area contributed by atoms with E-state index in [0.29, 0.717) is 6.07 Å². The van der Waals surface area contributed by atoms with E-state index in [4.69, 9.17) is 0 Å². The Bertz CT molecular complexity index is 1330. The highest BCUT2D eigenvalue weighted by molar-refractivity contribution is 7.99. The number of thioether (sulfide) groups is 1. The molecule has 1 heterocycles. The number of hydrogen-bond acceptors (Lipinski definition) is 7. The zero-order chi connectivity index (χ0) is 31.9. The highest BCUT2D eigenvalue weighted by Crippen LogP contribution is 2.16. The van der Waals surface area contributed by atoms with Crippen molar-refractivity contribution in [2.24, 2.45) is 0 Å². The van der Waals surface area contributed by atoms with E-state index in [0.717, 1.165) is 36.3 Å². The second kappa shape index (κ2) is 18.1. The van der Waals surface area contributed by atoms with Crippen molar-refractivity contribution < 1.29 is 33.4 Å². The maximum atomic E-state index is 14.0. The van der Waals surface area contributed by atoms with E-state index in [1.165, 1.54) is 24.2 Å². The number of halogens is 2. The number of aliphatic hydroxyl groups is 2. The van der Waals surface area contributed by atoms with Gasteiger partial charge in [0.1, 0.15) is 23.8 Å². The number of pyridine rings is 1. The number of aromatic nitrogens is 1. The minimum atomic E-state index is -1.70. The summed E-state index contributed by atoms with van der Waals surface area (Å²) in [5.74, 6) is -2.50. The van der Waals surface area contributed by atoms with E-state index in [9.17, 15) is 33.4 Å². The molecule has 5 N–H and O–H groups in total. The average molecular weight is 629 g/mol.